The normalized spacial score (nSPS) is 11.0. The third kappa shape index (κ3) is 4.39. The zero-order valence-electron chi connectivity index (χ0n) is 13.8. The fraction of sp³-hybridized carbons (Fsp3) is 0.278. The lowest BCUT2D eigenvalue weighted by molar-refractivity contribution is 0.0919. The van der Waals surface area contributed by atoms with Gasteiger partial charge in [0.2, 0.25) is 0 Å². The van der Waals surface area contributed by atoms with Crippen molar-refractivity contribution in [3.8, 4) is 0 Å². The Morgan fingerprint density at radius 3 is 2.35 bits per heavy atom. The molecule has 0 saturated carbocycles. The Morgan fingerprint density at radius 1 is 1.04 bits per heavy atom. The Hall–Kier alpha value is -2.69. The summed E-state index contributed by atoms with van der Waals surface area (Å²) >= 11 is 0. The van der Waals surface area contributed by atoms with E-state index in [0.717, 1.165) is 0 Å². The second-order valence-corrected chi connectivity index (χ2v) is 6.34. The number of hydrogen-bond acceptors (Lipinski definition) is 3. The van der Waals surface area contributed by atoms with Crippen molar-refractivity contribution in [3.05, 3.63) is 59.8 Å². The number of benzene rings is 1. The fourth-order valence-electron chi connectivity index (χ4n) is 2.06. The maximum atomic E-state index is 12.6. The second-order valence-electron chi connectivity index (χ2n) is 6.34. The van der Waals surface area contributed by atoms with Gasteiger partial charge in [0.1, 0.15) is 5.82 Å². The first-order valence-electron chi connectivity index (χ1n) is 7.39. The summed E-state index contributed by atoms with van der Waals surface area (Å²) in [6.45, 7) is 5.73. The van der Waals surface area contributed by atoms with E-state index in [0.29, 0.717) is 16.9 Å². The van der Waals surface area contributed by atoms with Gasteiger partial charge in [-0.1, -0.05) is 12.1 Å². The zero-order valence-corrected chi connectivity index (χ0v) is 13.8. The average molecular weight is 311 g/mol. The SMILES string of the molecule is CN(C(=O)c1cccc(C(=O)NC(C)(C)C)c1)c1ccccn1. The average Bonchev–Trinajstić information content (AvgIpc) is 2.53. The van der Waals surface area contributed by atoms with Crippen LogP contribution in [0, 0.1) is 0 Å². The van der Waals surface area contributed by atoms with Gasteiger partial charge in [-0.2, -0.15) is 0 Å². The predicted octanol–water partition coefficient (Wildman–Crippen LogP) is 2.89. The molecule has 0 saturated heterocycles. The van der Waals surface area contributed by atoms with Gasteiger partial charge in [-0.3, -0.25) is 14.5 Å². The molecule has 1 aromatic heterocycles. The second kappa shape index (κ2) is 6.60. The van der Waals surface area contributed by atoms with Crippen LogP contribution < -0.4 is 10.2 Å². The third-order valence-electron chi connectivity index (χ3n) is 3.16. The van der Waals surface area contributed by atoms with E-state index >= 15 is 0 Å². The molecule has 5 heteroatoms. The van der Waals surface area contributed by atoms with Crippen LogP contribution in [0.3, 0.4) is 0 Å². The number of aromatic nitrogens is 1. The first-order valence-corrected chi connectivity index (χ1v) is 7.39. The number of carbonyl (C=O) groups excluding carboxylic acids is 2. The zero-order chi connectivity index (χ0) is 17.0. The lowest BCUT2D eigenvalue weighted by atomic mass is 10.1. The summed E-state index contributed by atoms with van der Waals surface area (Å²) < 4.78 is 0. The highest BCUT2D eigenvalue weighted by Crippen LogP contribution is 2.14. The van der Waals surface area contributed by atoms with Gasteiger partial charge in [-0.25, -0.2) is 4.98 Å². The van der Waals surface area contributed by atoms with Gasteiger partial charge in [0, 0.05) is 29.9 Å². The Morgan fingerprint density at radius 2 is 1.74 bits per heavy atom. The van der Waals surface area contributed by atoms with E-state index in [-0.39, 0.29) is 17.4 Å². The molecule has 0 spiro atoms. The standard InChI is InChI=1S/C18H21N3O2/c1-18(2,3)20-16(22)13-8-7-9-14(12-13)17(23)21(4)15-10-5-6-11-19-15/h5-12H,1-4H3,(H,20,22). The molecule has 0 unspecified atom stereocenters. The number of pyridine rings is 1. The molecule has 2 aromatic rings. The molecule has 0 atom stereocenters. The summed E-state index contributed by atoms with van der Waals surface area (Å²) in [6.07, 6.45) is 1.63. The fourth-order valence-corrected chi connectivity index (χ4v) is 2.06. The molecule has 2 amide bonds. The number of amides is 2. The van der Waals surface area contributed by atoms with E-state index in [4.69, 9.17) is 0 Å². The molecule has 0 aliphatic heterocycles. The van der Waals surface area contributed by atoms with Crippen molar-refractivity contribution in [3.63, 3.8) is 0 Å². The highest BCUT2D eigenvalue weighted by atomic mass is 16.2. The largest absolute Gasteiger partial charge is 0.347 e. The van der Waals surface area contributed by atoms with Crippen molar-refractivity contribution in [2.24, 2.45) is 0 Å². The summed E-state index contributed by atoms with van der Waals surface area (Å²) in [5.41, 5.74) is 0.571. The lowest BCUT2D eigenvalue weighted by Crippen LogP contribution is -2.40. The van der Waals surface area contributed by atoms with E-state index in [1.54, 1.807) is 49.6 Å². The van der Waals surface area contributed by atoms with Crippen LogP contribution in [0.5, 0.6) is 0 Å². The Bertz CT molecular complexity index is 706. The quantitative estimate of drug-likeness (QED) is 0.948. The van der Waals surface area contributed by atoms with Gasteiger partial charge in [-0.15, -0.1) is 0 Å². The third-order valence-corrected chi connectivity index (χ3v) is 3.16. The van der Waals surface area contributed by atoms with Gasteiger partial charge in [-0.05, 0) is 51.1 Å². The number of hydrogen-bond donors (Lipinski definition) is 1. The Balaban J connectivity index is 2.22. The van der Waals surface area contributed by atoms with E-state index in [9.17, 15) is 9.59 Å². The minimum Gasteiger partial charge on any atom is -0.347 e. The molecule has 1 N–H and O–H groups in total. The topological polar surface area (TPSA) is 62.3 Å². The monoisotopic (exact) mass is 311 g/mol. The molecule has 0 radical (unpaired) electrons. The van der Waals surface area contributed by atoms with Crippen LogP contribution in [0.4, 0.5) is 5.82 Å². The Kier molecular flexibility index (Phi) is 4.79. The Labute approximate surface area is 136 Å². The first-order chi connectivity index (χ1) is 10.8. The molecular weight excluding hydrogens is 290 g/mol. The summed E-state index contributed by atoms with van der Waals surface area (Å²) in [5, 5.41) is 2.89. The molecule has 1 aromatic carbocycles. The molecular formula is C18H21N3O2. The number of nitrogens with zero attached hydrogens (tertiary/aromatic N) is 2. The molecule has 1 heterocycles. The summed E-state index contributed by atoms with van der Waals surface area (Å²) in [7, 11) is 1.66. The van der Waals surface area contributed by atoms with Gasteiger partial charge < -0.3 is 5.32 Å². The molecule has 2 rings (SSSR count). The van der Waals surface area contributed by atoms with Crippen LogP contribution in [0.1, 0.15) is 41.5 Å². The number of nitrogens with one attached hydrogen (secondary N) is 1. The van der Waals surface area contributed by atoms with Gasteiger partial charge in [0.25, 0.3) is 11.8 Å². The minimum absolute atomic E-state index is 0.201. The van der Waals surface area contributed by atoms with Crippen molar-refractivity contribution < 1.29 is 9.59 Å². The van der Waals surface area contributed by atoms with E-state index in [1.165, 1.54) is 4.90 Å². The number of rotatable bonds is 3. The summed E-state index contributed by atoms with van der Waals surface area (Å²) in [6, 6.07) is 12.1. The van der Waals surface area contributed by atoms with Crippen molar-refractivity contribution in [1.29, 1.82) is 0 Å². The van der Waals surface area contributed by atoms with Crippen molar-refractivity contribution >= 4 is 17.6 Å². The summed E-state index contributed by atoms with van der Waals surface area (Å²) in [5.74, 6) is 0.142. The van der Waals surface area contributed by atoms with Crippen LogP contribution in [-0.4, -0.2) is 29.4 Å². The van der Waals surface area contributed by atoms with Crippen molar-refractivity contribution in [2.75, 3.05) is 11.9 Å². The maximum Gasteiger partial charge on any atom is 0.259 e. The van der Waals surface area contributed by atoms with Gasteiger partial charge >= 0.3 is 0 Å². The van der Waals surface area contributed by atoms with E-state index in [1.807, 2.05) is 26.8 Å². The molecule has 0 aliphatic carbocycles. The van der Waals surface area contributed by atoms with Crippen LogP contribution in [-0.2, 0) is 0 Å². The van der Waals surface area contributed by atoms with Crippen LogP contribution in [0.2, 0.25) is 0 Å². The number of carbonyl (C=O) groups is 2. The van der Waals surface area contributed by atoms with Gasteiger partial charge in [0.15, 0.2) is 0 Å². The predicted molar refractivity (Wildman–Crippen MR) is 90.6 cm³/mol. The van der Waals surface area contributed by atoms with Crippen LogP contribution in [0.15, 0.2) is 48.7 Å². The van der Waals surface area contributed by atoms with Gasteiger partial charge in [0.05, 0.1) is 0 Å². The van der Waals surface area contributed by atoms with Crippen molar-refractivity contribution in [1.82, 2.24) is 10.3 Å². The minimum atomic E-state index is -0.332. The molecule has 5 nitrogen and oxygen atoms in total. The molecule has 0 bridgehead atoms. The summed E-state index contributed by atoms with van der Waals surface area (Å²) in [4.78, 5) is 30.4. The molecule has 0 aliphatic rings. The first kappa shape index (κ1) is 16.7. The highest BCUT2D eigenvalue weighted by Gasteiger charge is 2.18. The molecule has 120 valence electrons. The number of anilines is 1. The van der Waals surface area contributed by atoms with Crippen LogP contribution in [0.25, 0.3) is 0 Å². The lowest BCUT2D eigenvalue weighted by Gasteiger charge is -2.21. The smallest absolute Gasteiger partial charge is 0.259 e. The highest BCUT2D eigenvalue weighted by molar-refractivity contribution is 6.06. The molecule has 0 fully saturated rings. The van der Waals surface area contributed by atoms with Crippen molar-refractivity contribution in [2.45, 2.75) is 26.3 Å². The van der Waals surface area contributed by atoms with E-state index < -0.39 is 0 Å². The maximum absolute atomic E-state index is 12.6. The van der Waals surface area contributed by atoms with E-state index in [2.05, 4.69) is 10.3 Å². The van der Waals surface area contributed by atoms with Crippen LogP contribution >= 0.6 is 0 Å². The molecule has 23 heavy (non-hydrogen) atoms.